The summed E-state index contributed by atoms with van der Waals surface area (Å²) in [4.78, 5) is 17.5. The van der Waals surface area contributed by atoms with E-state index in [1.165, 1.54) is 19.2 Å². The van der Waals surface area contributed by atoms with Gasteiger partial charge in [-0.2, -0.15) is 0 Å². The van der Waals surface area contributed by atoms with Crippen molar-refractivity contribution in [2.24, 2.45) is 0 Å². The fourth-order valence-corrected chi connectivity index (χ4v) is 4.53. The van der Waals surface area contributed by atoms with E-state index in [-0.39, 0.29) is 24.0 Å². The van der Waals surface area contributed by atoms with E-state index in [0.717, 1.165) is 58.5 Å². The van der Waals surface area contributed by atoms with E-state index in [0.29, 0.717) is 18.7 Å². The molecular formula is C22H37N3O5S. The van der Waals surface area contributed by atoms with Gasteiger partial charge in [-0.15, -0.1) is 0 Å². The molecule has 176 valence electrons. The number of hydrogen-bond acceptors (Lipinski definition) is 6. The molecule has 1 saturated heterocycles. The van der Waals surface area contributed by atoms with Gasteiger partial charge in [-0.1, -0.05) is 32.3 Å². The largest absolute Gasteiger partial charge is 0.383 e. The van der Waals surface area contributed by atoms with Crippen molar-refractivity contribution in [3.63, 3.8) is 0 Å². The Labute approximate surface area is 186 Å². The van der Waals surface area contributed by atoms with Crippen LogP contribution in [0.3, 0.4) is 0 Å². The van der Waals surface area contributed by atoms with Crippen molar-refractivity contribution in [2.45, 2.75) is 37.5 Å². The molecule has 0 spiro atoms. The van der Waals surface area contributed by atoms with Crippen LogP contribution < -0.4 is 4.72 Å². The molecule has 1 fully saturated rings. The lowest BCUT2D eigenvalue weighted by atomic mass is 10.1. The first kappa shape index (κ1) is 25.7. The molecule has 0 radical (unpaired) electrons. The van der Waals surface area contributed by atoms with Gasteiger partial charge in [0, 0.05) is 51.9 Å². The lowest BCUT2D eigenvalue weighted by Crippen LogP contribution is -2.43. The minimum Gasteiger partial charge on any atom is -0.383 e. The van der Waals surface area contributed by atoms with Gasteiger partial charge in [0.05, 0.1) is 24.7 Å². The first-order chi connectivity index (χ1) is 15.0. The molecule has 0 bridgehead atoms. The summed E-state index contributed by atoms with van der Waals surface area (Å²) in [6.07, 6.45) is 4.30. The molecular weight excluding hydrogens is 418 g/mol. The van der Waals surface area contributed by atoms with Gasteiger partial charge in [-0.25, -0.2) is 13.1 Å². The van der Waals surface area contributed by atoms with Crippen molar-refractivity contribution < 1.29 is 22.7 Å². The number of ether oxygens (including phenoxy) is 2. The lowest BCUT2D eigenvalue weighted by molar-refractivity contribution is 0.0324. The third-order valence-corrected chi connectivity index (χ3v) is 6.81. The summed E-state index contributed by atoms with van der Waals surface area (Å²) < 4.78 is 37.8. The van der Waals surface area contributed by atoms with Gasteiger partial charge >= 0.3 is 0 Å². The second kappa shape index (κ2) is 13.8. The molecule has 0 aliphatic carbocycles. The second-order valence-electron chi connectivity index (χ2n) is 7.73. The molecule has 0 atom stereocenters. The minimum absolute atomic E-state index is 0.0913. The first-order valence-corrected chi connectivity index (χ1v) is 12.6. The Hall–Kier alpha value is -1.52. The number of rotatable bonds is 14. The Balaban J connectivity index is 2.08. The van der Waals surface area contributed by atoms with E-state index in [1.54, 1.807) is 12.1 Å². The van der Waals surface area contributed by atoms with Crippen molar-refractivity contribution in [2.75, 3.05) is 66.2 Å². The molecule has 2 rings (SSSR count). The number of sulfonamides is 1. The van der Waals surface area contributed by atoms with Crippen LogP contribution in [-0.4, -0.2) is 90.3 Å². The molecule has 1 heterocycles. The third kappa shape index (κ3) is 8.86. The van der Waals surface area contributed by atoms with Crippen molar-refractivity contribution in [3.8, 4) is 0 Å². The highest BCUT2D eigenvalue weighted by Gasteiger charge is 2.21. The number of hydrogen-bond donors (Lipinski definition) is 1. The lowest BCUT2D eigenvalue weighted by Gasteiger charge is -2.30. The van der Waals surface area contributed by atoms with Crippen LogP contribution in [0.1, 0.15) is 43.0 Å². The molecule has 1 aromatic rings. The predicted molar refractivity (Wildman–Crippen MR) is 121 cm³/mol. The Morgan fingerprint density at radius 2 is 1.97 bits per heavy atom. The van der Waals surface area contributed by atoms with Crippen LogP contribution in [0.15, 0.2) is 29.2 Å². The van der Waals surface area contributed by atoms with Crippen LogP contribution >= 0.6 is 0 Å². The number of unbranched alkanes of at least 4 members (excludes halogenated alkanes) is 3. The predicted octanol–water partition coefficient (Wildman–Crippen LogP) is 1.97. The van der Waals surface area contributed by atoms with Gasteiger partial charge in [0.2, 0.25) is 10.0 Å². The van der Waals surface area contributed by atoms with Crippen LogP contribution in [0.5, 0.6) is 0 Å². The molecule has 8 nitrogen and oxygen atoms in total. The number of amides is 1. The summed E-state index contributed by atoms with van der Waals surface area (Å²) in [7, 11) is -2.18. The second-order valence-corrected chi connectivity index (χ2v) is 9.49. The van der Waals surface area contributed by atoms with Crippen LogP contribution in [-0.2, 0) is 19.5 Å². The fourth-order valence-electron chi connectivity index (χ4n) is 3.47. The zero-order valence-corrected chi connectivity index (χ0v) is 19.7. The molecule has 0 saturated carbocycles. The van der Waals surface area contributed by atoms with Crippen LogP contribution in [0, 0.1) is 0 Å². The van der Waals surface area contributed by atoms with E-state index in [9.17, 15) is 13.2 Å². The van der Waals surface area contributed by atoms with E-state index >= 15 is 0 Å². The van der Waals surface area contributed by atoms with E-state index < -0.39 is 10.0 Å². The molecule has 1 aliphatic heterocycles. The number of carbonyl (C=O) groups is 1. The van der Waals surface area contributed by atoms with Gasteiger partial charge in [-0.3, -0.25) is 9.69 Å². The molecule has 0 unspecified atom stereocenters. The number of morpholine rings is 1. The maximum atomic E-state index is 13.3. The summed E-state index contributed by atoms with van der Waals surface area (Å²) >= 11 is 0. The van der Waals surface area contributed by atoms with E-state index in [4.69, 9.17) is 9.47 Å². The SMILES string of the molecule is CCCCCCN(CCN1CCOCC1)C(=O)c1cccc(S(=O)(=O)NCCOC)c1. The smallest absolute Gasteiger partial charge is 0.253 e. The highest BCUT2D eigenvalue weighted by molar-refractivity contribution is 7.89. The quantitative estimate of drug-likeness (QED) is 0.432. The Bertz CT molecular complexity index is 766. The van der Waals surface area contributed by atoms with Crippen LogP contribution in [0.25, 0.3) is 0 Å². The molecule has 1 aromatic carbocycles. The maximum Gasteiger partial charge on any atom is 0.253 e. The van der Waals surface area contributed by atoms with E-state index in [2.05, 4.69) is 16.5 Å². The minimum atomic E-state index is -3.69. The van der Waals surface area contributed by atoms with Crippen LogP contribution in [0.2, 0.25) is 0 Å². The molecule has 1 N–H and O–H groups in total. The highest BCUT2D eigenvalue weighted by Crippen LogP contribution is 2.15. The number of methoxy groups -OCH3 is 1. The Kier molecular flexibility index (Phi) is 11.5. The number of carbonyl (C=O) groups excluding carboxylic acids is 1. The van der Waals surface area contributed by atoms with Gasteiger partial charge in [0.15, 0.2) is 0 Å². The summed E-state index contributed by atoms with van der Waals surface area (Å²) in [5.41, 5.74) is 0.395. The van der Waals surface area contributed by atoms with Gasteiger partial charge < -0.3 is 14.4 Å². The summed E-state index contributed by atoms with van der Waals surface area (Å²) in [6, 6.07) is 6.27. The zero-order chi connectivity index (χ0) is 22.5. The third-order valence-electron chi connectivity index (χ3n) is 5.35. The summed E-state index contributed by atoms with van der Waals surface area (Å²) in [5, 5.41) is 0. The monoisotopic (exact) mass is 455 g/mol. The number of nitrogens with one attached hydrogen (secondary N) is 1. The number of benzene rings is 1. The summed E-state index contributed by atoms with van der Waals surface area (Å²) in [5.74, 6) is -0.126. The van der Waals surface area contributed by atoms with Crippen LogP contribution in [0.4, 0.5) is 0 Å². The average Bonchev–Trinajstić information content (AvgIpc) is 2.79. The van der Waals surface area contributed by atoms with E-state index in [1.807, 2.05) is 4.90 Å². The highest BCUT2D eigenvalue weighted by atomic mass is 32.2. The van der Waals surface area contributed by atoms with Gasteiger partial charge in [-0.05, 0) is 24.6 Å². The van der Waals surface area contributed by atoms with Crippen molar-refractivity contribution in [1.29, 1.82) is 0 Å². The topological polar surface area (TPSA) is 88.2 Å². The first-order valence-electron chi connectivity index (χ1n) is 11.2. The molecule has 9 heteroatoms. The summed E-state index contributed by atoms with van der Waals surface area (Å²) in [6.45, 7) is 7.90. The normalized spacial score (nSPS) is 15.2. The molecule has 0 aromatic heterocycles. The Morgan fingerprint density at radius 3 is 2.68 bits per heavy atom. The fraction of sp³-hybridized carbons (Fsp3) is 0.682. The molecule has 31 heavy (non-hydrogen) atoms. The maximum absolute atomic E-state index is 13.3. The molecule has 1 aliphatic rings. The van der Waals surface area contributed by atoms with Crippen molar-refractivity contribution in [3.05, 3.63) is 29.8 Å². The van der Waals surface area contributed by atoms with Gasteiger partial charge in [0.25, 0.3) is 5.91 Å². The van der Waals surface area contributed by atoms with Crippen molar-refractivity contribution >= 4 is 15.9 Å². The molecule has 1 amide bonds. The van der Waals surface area contributed by atoms with Crippen molar-refractivity contribution in [1.82, 2.24) is 14.5 Å². The van der Waals surface area contributed by atoms with Gasteiger partial charge in [0.1, 0.15) is 0 Å². The standard InChI is InChI=1S/C22H37N3O5S/c1-3-4-5-6-11-25(13-12-24-14-17-30-18-15-24)22(26)20-8-7-9-21(19-20)31(27,28)23-10-16-29-2/h7-9,19,23H,3-6,10-18H2,1-2H3. The Morgan fingerprint density at radius 1 is 1.19 bits per heavy atom. The average molecular weight is 456 g/mol. The zero-order valence-electron chi connectivity index (χ0n) is 18.8. The number of nitrogens with zero attached hydrogens (tertiary/aromatic N) is 2.